The molecule has 0 bridgehead atoms. The van der Waals surface area contributed by atoms with Crippen molar-refractivity contribution in [2.45, 2.75) is 0 Å². The van der Waals surface area contributed by atoms with Gasteiger partial charge in [0, 0.05) is 16.5 Å². The van der Waals surface area contributed by atoms with Gasteiger partial charge < -0.3 is 11.2 Å². The Balaban J connectivity index is 2.26. The lowest BCUT2D eigenvalue weighted by atomic mass is 10.1. The van der Waals surface area contributed by atoms with E-state index in [-0.39, 0.29) is 5.91 Å². The summed E-state index contributed by atoms with van der Waals surface area (Å²) in [4.78, 5) is 15.8. The fraction of sp³-hybridized carbons (Fsp3) is 0. The van der Waals surface area contributed by atoms with Crippen molar-refractivity contribution in [3.05, 3.63) is 35.2 Å². The van der Waals surface area contributed by atoms with E-state index in [1.165, 1.54) is 17.7 Å². The maximum absolute atomic E-state index is 11.4. The monoisotopic (exact) mass is 276 g/mol. The highest BCUT2D eigenvalue weighted by Crippen LogP contribution is 2.25. The van der Waals surface area contributed by atoms with Crippen LogP contribution in [0.15, 0.2) is 34.7 Å². The summed E-state index contributed by atoms with van der Waals surface area (Å²) in [5.74, 6) is 9.75. The van der Waals surface area contributed by atoms with Crippen molar-refractivity contribution in [3.8, 4) is 11.3 Å². The Labute approximate surface area is 113 Å². The van der Waals surface area contributed by atoms with Crippen LogP contribution in [0.25, 0.3) is 11.3 Å². The first-order valence-electron chi connectivity index (χ1n) is 5.29. The van der Waals surface area contributed by atoms with Gasteiger partial charge in [-0.2, -0.15) is 5.10 Å². The summed E-state index contributed by atoms with van der Waals surface area (Å²) in [6, 6.07) is 7.03. The van der Waals surface area contributed by atoms with Crippen LogP contribution in [-0.4, -0.2) is 17.2 Å². The number of aromatic nitrogens is 1. The van der Waals surface area contributed by atoms with Gasteiger partial charge in [-0.25, -0.2) is 10.8 Å². The average molecular weight is 276 g/mol. The molecule has 0 aliphatic rings. The number of anilines is 1. The van der Waals surface area contributed by atoms with Gasteiger partial charge in [0.15, 0.2) is 5.13 Å². The third-order valence-corrected chi connectivity index (χ3v) is 3.09. The zero-order chi connectivity index (χ0) is 13.7. The van der Waals surface area contributed by atoms with Crippen LogP contribution in [-0.2, 0) is 0 Å². The smallest absolute Gasteiger partial charge is 0.265 e. The molecule has 1 amide bonds. The molecule has 6 N–H and O–H groups in total. The van der Waals surface area contributed by atoms with Crippen LogP contribution in [0, 0.1) is 0 Å². The number of hydrazone groups is 1. The minimum absolute atomic E-state index is 0.342. The van der Waals surface area contributed by atoms with Crippen LogP contribution in [0.1, 0.15) is 10.4 Å². The first-order chi connectivity index (χ1) is 9.24. The molecule has 1 aromatic heterocycles. The van der Waals surface area contributed by atoms with E-state index < -0.39 is 0 Å². The largest absolute Gasteiger partial charge is 0.322 e. The lowest BCUT2D eigenvalue weighted by Crippen LogP contribution is -2.29. The number of nitrogens with one attached hydrogen (secondary N) is 2. The van der Waals surface area contributed by atoms with Gasteiger partial charge in [0.25, 0.3) is 5.91 Å². The number of nitrogens with zero attached hydrogens (tertiary/aromatic N) is 2. The molecule has 0 saturated carbocycles. The summed E-state index contributed by atoms with van der Waals surface area (Å²) >= 11 is 1.41. The molecule has 0 atom stereocenters. The van der Waals surface area contributed by atoms with Crippen molar-refractivity contribution in [3.63, 3.8) is 0 Å². The third kappa shape index (κ3) is 3.06. The molecule has 7 nitrogen and oxygen atoms in total. The first-order valence-corrected chi connectivity index (χ1v) is 6.17. The lowest BCUT2D eigenvalue weighted by Gasteiger charge is -2.01. The zero-order valence-electron chi connectivity index (χ0n) is 9.83. The summed E-state index contributed by atoms with van der Waals surface area (Å²) in [6.07, 6.45) is 1.35. The van der Waals surface area contributed by atoms with Crippen molar-refractivity contribution >= 4 is 28.7 Å². The normalized spacial score (nSPS) is 10.6. The SMILES string of the molecule is NN=CNc1nc(-c2cccc(C(=O)NN)c2)cs1. The molecule has 0 fully saturated rings. The fourth-order valence-electron chi connectivity index (χ4n) is 1.47. The molecule has 0 aliphatic heterocycles. The van der Waals surface area contributed by atoms with Crippen LogP contribution >= 0.6 is 11.3 Å². The molecule has 2 aromatic rings. The van der Waals surface area contributed by atoms with Gasteiger partial charge in [-0.15, -0.1) is 11.3 Å². The number of thiazole rings is 1. The van der Waals surface area contributed by atoms with E-state index in [2.05, 4.69) is 20.8 Å². The molecule has 0 unspecified atom stereocenters. The van der Waals surface area contributed by atoms with Gasteiger partial charge in [-0.3, -0.25) is 10.2 Å². The van der Waals surface area contributed by atoms with Gasteiger partial charge in [0.1, 0.15) is 6.34 Å². The second kappa shape index (κ2) is 5.94. The standard InChI is InChI=1S/C11H12N6OS/c12-15-6-14-11-16-9(5-19-11)7-2-1-3-8(4-7)10(18)17-13/h1-6H,12-13H2,(H,17,18)(H,14,15,16). The van der Waals surface area contributed by atoms with Crippen LogP contribution < -0.4 is 22.4 Å². The second-order valence-electron chi connectivity index (χ2n) is 3.51. The topological polar surface area (TPSA) is 118 Å². The molecule has 1 aromatic carbocycles. The van der Waals surface area contributed by atoms with Gasteiger partial charge in [-0.1, -0.05) is 12.1 Å². The van der Waals surface area contributed by atoms with E-state index in [0.717, 1.165) is 11.3 Å². The van der Waals surface area contributed by atoms with E-state index in [1.54, 1.807) is 18.2 Å². The predicted molar refractivity (Wildman–Crippen MR) is 75.5 cm³/mol. The van der Waals surface area contributed by atoms with Gasteiger partial charge >= 0.3 is 0 Å². The van der Waals surface area contributed by atoms with Gasteiger partial charge in [0.2, 0.25) is 0 Å². The average Bonchev–Trinajstić information content (AvgIpc) is 2.93. The minimum atomic E-state index is -0.342. The lowest BCUT2D eigenvalue weighted by molar-refractivity contribution is 0.0953. The summed E-state index contributed by atoms with van der Waals surface area (Å²) in [5, 5.41) is 8.68. The van der Waals surface area contributed by atoms with E-state index in [9.17, 15) is 4.79 Å². The molecule has 98 valence electrons. The van der Waals surface area contributed by atoms with Crippen molar-refractivity contribution in [2.24, 2.45) is 16.8 Å². The molecular weight excluding hydrogens is 264 g/mol. The quantitative estimate of drug-likeness (QED) is 0.216. The predicted octanol–water partition coefficient (Wildman–Crippen LogP) is 0.728. The van der Waals surface area contributed by atoms with Crippen LogP contribution in [0.5, 0.6) is 0 Å². The summed E-state index contributed by atoms with van der Waals surface area (Å²) in [6.45, 7) is 0. The molecule has 0 spiro atoms. The number of benzene rings is 1. The van der Waals surface area contributed by atoms with Crippen molar-refractivity contribution < 1.29 is 4.79 Å². The van der Waals surface area contributed by atoms with Crippen LogP contribution in [0.2, 0.25) is 0 Å². The molecule has 0 radical (unpaired) electrons. The number of hydrogen-bond acceptors (Lipinski definition) is 6. The Morgan fingerprint density at radius 2 is 2.32 bits per heavy atom. The first kappa shape index (κ1) is 13.0. The van der Waals surface area contributed by atoms with E-state index >= 15 is 0 Å². The molecular formula is C11H12N6OS. The number of carbonyl (C=O) groups excluding carboxylic acids is 1. The van der Waals surface area contributed by atoms with E-state index in [0.29, 0.717) is 10.7 Å². The number of nitrogens with two attached hydrogens (primary N) is 2. The number of hydrogen-bond donors (Lipinski definition) is 4. The molecule has 8 heteroatoms. The summed E-state index contributed by atoms with van der Waals surface area (Å²) < 4.78 is 0. The Morgan fingerprint density at radius 1 is 1.47 bits per heavy atom. The second-order valence-corrected chi connectivity index (χ2v) is 4.37. The van der Waals surface area contributed by atoms with Gasteiger partial charge in [0.05, 0.1) is 5.69 Å². The highest BCUT2D eigenvalue weighted by Gasteiger charge is 2.08. The number of carbonyl (C=O) groups is 1. The molecule has 2 rings (SSSR count). The number of nitrogen functional groups attached to an aromatic ring is 1. The summed E-state index contributed by atoms with van der Waals surface area (Å²) in [5.41, 5.74) is 4.15. The molecule has 1 heterocycles. The van der Waals surface area contributed by atoms with Crippen LogP contribution in [0.3, 0.4) is 0 Å². The van der Waals surface area contributed by atoms with E-state index in [4.69, 9.17) is 11.7 Å². The third-order valence-electron chi connectivity index (χ3n) is 2.32. The zero-order valence-corrected chi connectivity index (χ0v) is 10.6. The number of amides is 1. The molecule has 0 saturated heterocycles. The molecule has 0 aliphatic carbocycles. The minimum Gasteiger partial charge on any atom is -0.322 e. The van der Waals surface area contributed by atoms with Crippen molar-refractivity contribution in [2.75, 3.05) is 5.32 Å². The Morgan fingerprint density at radius 3 is 3.05 bits per heavy atom. The number of rotatable bonds is 4. The Hall–Kier alpha value is -2.45. The number of hydrazine groups is 1. The molecule has 19 heavy (non-hydrogen) atoms. The summed E-state index contributed by atoms with van der Waals surface area (Å²) in [7, 11) is 0. The fourth-order valence-corrected chi connectivity index (χ4v) is 2.15. The Bertz CT molecular complexity index is 609. The van der Waals surface area contributed by atoms with Gasteiger partial charge in [-0.05, 0) is 12.1 Å². The van der Waals surface area contributed by atoms with Crippen molar-refractivity contribution in [1.29, 1.82) is 0 Å². The maximum atomic E-state index is 11.4. The highest BCUT2D eigenvalue weighted by molar-refractivity contribution is 7.14. The van der Waals surface area contributed by atoms with E-state index in [1.807, 2.05) is 11.4 Å². The Kier molecular flexibility index (Phi) is 4.06. The van der Waals surface area contributed by atoms with Crippen molar-refractivity contribution in [1.82, 2.24) is 10.4 Å². The highest BCUT2D eigenvalue weighted by atomic mass is 32.1. The maximum Gasteiger partial charge on any atom is 0.265 e. The van der Waals surface area contributed by atoms with Crippen LogP contribution in [0.4, 0.5) is 5.13 Å².